The first-order chi connectivity index (χ1) is 5.83. The Morgan fingerprint density at radius 1 is 1.42 bits per heavy atom. The number of aliphatic hydroxyl groups is 1. The van der Waals surface area contributed by atoms with Crippen LogP contribution in [-0.2, 0) is 4.74 Å². The normalized spacial score (nSPS) is 23.5. The highest BCUT2D eigenvalue weighted by Crippen LogP contribution is 1.99. The SMILES string of the molecule is NC(CO)CN1CCCOCC1. The van der Waals surface area contributed by atoms with Gasteiger partial charge in [0.05, 0.1) is 13.2 Å². The summed E-state index contributed by atoms with van der Waals surface area (Å²) < 4.78 is 5.29. The van der Waals surface area contributed by atoms with Gasteiger partial charge in [0.1, 0.15) is 0 Å². The Labute approximate surface area is 73.3 Å². The van der Waals surface area contributed by atoms with Crippen LogP contribution in [0.25, 0.3) is 0 Å². The van der Waals surface area contributed by atoms with Crippen molar-refractivity contribution in [1.29, 1.82) is 0 Å². The highest BCUT2D eigenvalue weighted by atomic mass is 16.5. The number of ether oxygens (including phenoxy) is 1. The first-order valence-corrected chi connectivity index (χ1v) is 4.49. The molecule has 3 N–H and O–H groups in total. The predicted molar refractivity (Wildman–Crippen MR) is 46.9 cm³/mol. The van der Waals surface area contributed by atoms with E-state index in [0.717, 1.165) is 39.3 Å². The van der Waals surface area contributed by atoms with E-state index in [1.807, 2.05) is 0 Å². The van der Waals surface area contributed by atoms with Crippen molar-refractivity contribution in [1.82, 2.24) is 4.90 Å². The third-order valence-corrected chi connectivity index (χ3v) is 2.04. The molecule has 0 radical (unpaired) electrons. The quantitative estimate of drug-likeness (QED) is 0.578. The number of hydrogen-bond acceptors (Lipinski definition) is 4. The van der Waals surface area contributed by atoms with Crippen LogP contribution in [0.1, 0.15) is 6.42 Å². The van der Waals surface area contributed by atoms with Crippen molar-refractivity contribution in [3.63, 3.8) is 0 Å². The molecular weight excluding hydrogens is 156 g/mol. The second-order valence-electron chi connectivity index (χ2n) is 3.21. The molecule has 0 spiro atoms. The van der Waals surface area contributed by atoms with E-state index in [4.69, 9.17) is 15.6 Å². The van der Waals surface area contributed by atoms with Gasteiger partial charge in [-0.2, -0.15) is 0 Å². The van der Waals surface area contributed by atoms with Gasteiger partial charge in [-0.25, -0.2) is 0 Å². The summed E-state index contributed by atoms with van der Waals surface area (Å²) in [5.74, 6) is 0. The summed E-state index contributed by atoms with van der Waals surface area (Å²) in [5.41, 5.74) is 5.62. The number of hydrogen-bond donors (Lipinski definition) is 2. The van der Waals surface area contributed by atoms with Crippen LogP contribution in [0.2, 0.25) is 0 Å². The molecule has 1 aliphatic heterocycles. The molecule has 1 fully saturated rings. The van der Waals surface area contributed by atoms with Crippen LogP contribution in [0.5, 0.6) is 0 Å². The largest absolute Gasteiger partial charge is 0.395 e. The molecular formula is C8H18N2O2. The molecule has 0 bridgehead atoms. The van der Waals surface area contributed by atoms with Crippen molar-refractivity contribution in [2.45, 2.75) is 12.5 Å². The maximum atomic E-state index is 8.75. The second-order valence-corrected chi connectivity index (χ2v) is 3.21. The fourth-order valence-electron chi connectivity index (χ4n) is 1.37. The van der Waals surface area contributed by atoms with Crippen LogP contribution in [-0.4, -0.2) is 55.5 Å². The molecule has 0 aromatic heterocycles. The molecule has 0 saturated carbocycles. The zero-order valence-electron chi connectivity index (χ0n) is 7.41. The van der Waals surface area contributed by atoms with E-state index < -0.39 is 0 Å². The summed E-state index contributed by atoms with van der Waals surface area (Å²) >= 11 is 0. The van der Waals surface area contributed by atoms with Crippen molar-refractivity contribution in [3.05, 3.63) is 0 Å². The van der Waals surface area contributed by atoms with Gasteiger partial charge in [0.15, 0.2) is 0 Å². The zero-order chi connectivity index (χ0) is 8.81. The molecule has 1 unspecified atom stereocenters. The average molecular weight is 174 g/mol. The van der Waals surface area contributed by atoms with E-state index in [-0.39, 0.29) is 12.6 Å². The van der Waals surface area contributed by atoms with E-state index in [1.165, 1.54) is 0 Å². The minimum atomic E-state index is -0.108. The topological polar surface area (TPSA) is 58.7 Å². The van der Waals surface area contributed by atoms with Crippen LogP contribution in [0.3, 0.4) is 0 Å². The van der Waals surface area contributed by atoms with E-state index in [0.29, 0.717) is 0 Å². The van der Waals surface area contributed by atoms with Crippen LogP contribution in [0.4, 0.5) is 0 Å². The standard InChI is InChI=1S/C8H18N2O2/c9-8(7-11)6-10-2-1-4-12-5-3-10/h8,11H,1-7,9H2. The molecule has 0 aromatic carbocycles. The lowest BCUT2D eigenvalue weighted by molar-refractivity contribution is 0.137. The lowest BCUT2D eigenvalue weighted by atomic mass is 10.3. The van der Waals surface area contributed by atoms with Crippen molar-refractivity contribution >= 4 is 0 Å². The summed E-state index contributed by atoms with van der Waals surface area (Å²) in [6, 6.07) is -0.108. The van der Waals surface area contributed by atoms with Gasteiger partial charge in [-0.15, -0.1) is 0 Å². The fourth-order valence-corrected chi connectivity index (χ4v) is 1.37. The summed E-state index contributed by atoms with van der Waals surface area (Å²) in [7, 11) is 0. The van der Waals surface area contributed by atoms with Crippen LogP contribution < -0.4 is 5.73 Å². The minimum absolute atomic E-state index is 0.0668. The zero-order valence-corrected chi connectivity index (χ0v) is 7.41. The van der Waals surface area contributed by atoms with Crippen molar-refractivity contribution in [2.75, 3.05) is 39.5 Å². The van der Waals surface area contributed by atoms with Gasteiger partial charge in [-0.1, -0.05) is 0 Å². The Balaban J connectivity index is 2.20. The highest BCUT2D eigenvalue weighted by Gasteiger charge is 2.11. The lowest BCUT2D eigenvalue weighted by Gasteiger charge is -2.21. The molecule has 0 aromatic rings. The number of nitrogens with zero attached hydrogens (tertiary/aromatic N) is 1. The molecule has 1 rings (SSSR count). The Morgan fingerprint density at radius 2 is 2.25 bits per heavy atom. The van der Waals surface area contributed by atoms with E-state index in [1.54, 1.807) is 0 Å². The van der Waals surface area contributed by atoms with Crippen molar-refractivity contribution < 1.29 is 9.84 Å². The maximum Gasteiger partial charge on any atom is 0.0595 e. The molecule has 1 atom stereocenters. The van der Waals surface area contributed by atoms with E-state index in [2.05, 4.69) is 4.90 Å². The lowest BCUT2D eigenvalue weighted by Crippen LogP contribution is -2.40. The minimum Gasteiger partial charge on any atom is -0.395 e. The number of rotatable bonds is 3. The number of nitrogens with two attached hydrogens (primary N) is 1. The average Bonchev–Trinajstić information content (AvgIpc) is 2.33. The molecule has 0 aliphatic carbocycles. The third-order valence-electron chi connectivity index (χ3n) is 2.04. The molecule has 0 amide bonds. The monoisotopic (exact) mass is 174 g/mol. The molecule has 12 heavy (non-hydrogen) atoms. The smallest absolute Gasteiger partial charge is 0.0595 e. The van der Waals surface area contributed by atoms with E-state index >= 15 is 0 Å². The first-order valence-electron chi connectivity index (χ1n) is 4.49. The molecule has 4 nitrogen and oxygen atoms in total. The first kappa shape index (κ1) is 9.92. The molecule has 72 valence electrons. The molecule has 4 heteroatoms. The summed E-state index contributed by atoms with van der Waals surface area (Å²) in [6.45, 7) is 4.46. The van der Waals surface area contributed by atoms with Gasteiger partial charge in [-0.05, 0) is 6.42 Å². The Bertz CT molecular complexity index is 114. The van der Waals surface area contributed by atoms with Gasteiger partial charge in [0, 0.05) is 32.3 Å². The highest BCUT2D eigenvalue weighted by molar-refractivity contribution is 4.68. The van der Waals surface area contributed by atoms with E-state index in [9.17, 15) is 0 Å². The maximum absolute atomic E-state index is 8.75. The van der Waals surface area contributed by atoms with Crippen molar-refractivity contribution in [2.24, 2.45) is 5.73 Å². The Hall–Kier alpha value is -0.160. The number of aliphatic hydroxyl groups excluding tert-OH is 1. The van der Waals surface area contributed by atoms with Gasteiger partial charge < -0.3 is 15.6 Å². The van der Waals surface area contributed by atoms with Crippen LogP contribution in [0.15, 0.2) is 0 Å². The summed E-state index contributed by atoms with van der Waals surface area (Å²) in [5, 5.41) is 8.75. The Kier molecular flexibility index (Phi) is 4.53. The molecule has 1 saturated heterocycles. The molecule has 1 aliphatic rings. The third kappa shape index (κ3) is 3.49. The summed E-state index contributed by atoms with van der Waals surface area (Å²) in [4.78, 5) is 2.24. The second kappa shape index (κ2) is 5.48. The van der Waals surface area contributed by atoms with Gasteiger partial charge >= 0.3 is 0 Å². The van der Waals surface area contributed by atoms with Crippen molar-refractivity contribution in [3.8, 4) is 0 Å². The summed E-state index contributed by atoms with van der Waals surface area (Å²) in [6.07, 6.45) is 1.07. The van der Waals surface area contributed by atoms with Crippen LogP contribution in [0, 0.1) is 0 Å². The van der Waals surface area contributed by atoms with Gasteiger partial charge in [-0.3, -0.25) is 4.90 Å². The fraction of sp³-hybridized carbons (Fsp3) is 1.00. The molecule has 1 heterocycles. The predicted octanol–water partition coefficient (Wildman–Crippen LogP) is -0.972. The Morgan fingerprint density at radius 3 is 3.00 bits per heavy atom. The van der Waals surface area contributed by atoms with Crippen LogP contribution >= 0.6 is 0 Å². The van der Waals surface area contributed by atoms with Gasteiger partial charge in [0.25, 0.3) is 0 Å². The van der Waals surface area contributed by atoms with Gasteiger partial charge in [0.2, 0.25) is 0 Å².